The van der Waals surface area contributed by atoms with Crippen molar-refractivity contribution in [3.05, 3.63) is 39.4 Å². The third-order valence-corrected chi connectivity index (χ3v) is 2.44. The number of nitrogens with one attached hydrogen (secondary N) is 1. The van der Waals surface area contributed by atoms with Crippen LogP contribution in [0.25, 0.3) is 10.9 Å². The summed E-state index contributed by atoms with van der Waals surface area (Å²) in [6, 6.07) is 5.49. The molecule has 4 heteroatoms. The van der Waals surface area contributed by atoms with Crippen LogP contribution in [0.4, 0.5) is 0 Å². The molecule has 0 aliphatic carbocycles. The van der Waals surface area contributed by atoms with E-state index in [0.29, 0.717) is 10.5 Å². The zero-order valence-electron chi connectivity index (χ0n) is 7.67. The van der Waals surface area contributed by atoms with E-state index in [1.807, 2.05) is 19.1 Å². The lowest BCUT2D eigenvalue weighted by Gasteiger charge is -2.03. The number of H-pyrrole nitrogens is 1. The largest absolute Gasteiger partial charge is 0.345 e. The van der Waals surface area contributed by atoms with Gasteiger partial charge in [0.25, 0.3) is 0 Å². The van der Waals surface area contributed by atoms with Gasteiger partial charge in [-0.15, -0.1) is 0 Å². The maximum Gasteiger partial charge on any atom is 0.345 e. The van der Waals surface area contributed by atoms with Gasteiger partial charge in [0.2, 0.25) is 0 Å². The fraction of sp³-hybridized carbons (Fsp3) is 0.200. The van der Waals surface area contributed by atoms with Gasteiger partial charge in [-0.3, -0.25) is 0 Å². The molecule has 0 atom stereocenters. The van der Waals surface area contributed by atoms with Crippen LogP contribution in [0.3, 0.4) is 0 Å². The summed E-state index contributed by atoms with van der Waals surface area (Å²) in [6.45, 7) is 1.98. The van der Waals surface area contributed by atoms with E-state index in [0.717, 1.165) is 17.5 Å². The number of aromatic amines is 1. The summed E-state index contributed by atoms with van der Waals surface area (Å²) in [5.74, 6) is 0. The Morgan fingerprint density at radius 3 is 3.00 bits per heavy atom. The summed E-state index contributed by atoms with van der Waals surface area (Å²) in [6.07, 6.45) is 0.759. The van der Waals surface area contributed by atoms with Crippen LogP contribution in [0.5, 0.6) is 0 Å². The van der Waals surface area contributed by atoms with E-state index >= 15 is 0 Å². The first-order chi connectivity index (χ1) is 6.72. The van der Waals surface area contributed by atoms with Gasteiger partial charge in [0.15, 0.2) is 0 Å². The highest BCUT2D eigenvalue weighted by Crippen LogP contribution is 2.21. The average Bonchev–Trinajstić information content (AvgIpc) is 2.18. The number of hydrogen-bond acceptors (Lipinski definition) is 2. The van der Waals surface area contributed by atoms with E-state index in [1.54, 1.807) is 6.07 Å². The summed E-state index contributed by atoms with van der Waals surface area (Å²) < 4.78 is 0. The Bertz CT molecular complexity index is 533. The molecule has 1 heterocycles. The van der Waals surface area contributed by atoms with E-state index in [4.69, 9.17) is 11.6 Å². The molecule has 0 amide bonds. The molecule has 1 N–H and O–H groups in total. The minimum atomic E-state index is -0.345. The lowest BCUT2D eigenvalue weighted by Crippen LogP contribution is -2.12. The fourth-order valence-corrected chi connectivity index (χ4v) is 1.69. The van der Waals surface area contributed by atoms with Gasteiger partial charge in [-0.25, -0.2) is 4.79 Å². The molecule has 2 aromatic rings. The Labute approximate surface area is 85.7 Å². The van der Waals surface area contributed by atoms with Crippen LogP contribution in [0.1, 0.15) is 12.6 Å². The Morgan fingerprint density at radius 1 is 1.50 bits per heavy atom. The number of hydrogen-bond donors (Lipinski definition) is 1. The van der Waals surface area contributed by atoms with Crippen molar-refractivity contribution in [3.8, 4) is 0 Å². The number of aryl methyl sites for hydroxylation is 1. The lowest BCUT2D eigenvalue weighted by molar-refractivity contribution is 0.990. The molecule has 14 heavy (non-hydrogen) atoms. The number of benzene rings is 1. The lowest BCUT2D eigenvalue weighted by atomic mass is 10.1. The van der Waals surface area contributed by atoms with Gasteiger partial charge < -0.3 is 4.98 Å². The molecule has 72 valence electrons. The van der Waals surface area contributed by atoms with Crippen LogP contribution in [0.2, 0.25) is 5.02 Å². The van der Waals surface area contributed by atoms with Gasteiger partial charge >= 0.3 is 5.69 Å². The van der Waals surface area contributed by atoms with Crippen LogP contribution in [0, 0.1) is 0 Å². The summed E-state index contributed by atoms with van der Waals surface area (Å²) in [5.41, 5.74) is 1.11. The van der Waals surface area contributed by atoms with Gasteiger partial charge in [0, 0.05) is 11.1 Å². The Hall–Kier alpha value is -1.35. The highest BCUT2D eigenvalue weighted by Gasteiger charge is 2.05. The summed E-state index contributed by atoms with van der Waals surface area (Å²) >= 11 is 5.94. The maximum atomic E-state index is 11.2. The van der Waals surface area contributed by atoms with Crippen molar-refractivity contribution in [2.24, 2.45) is 0 Å². The zero-order chi connectivity index (χ0) is 10.1. The molecule has 1 aromatic carbocycles. The molecule has 0 spiro atoms. The Kier molecular flexibility index (Phi) is 2.25. The highest BCUT2D eigenvalue weighted by atomic mass is 35.5. The molecule has 3 nitrogen and oxygen atoms in total. The Morgan fingerprint density at radius 2 is 2.29 bits per heavy atom. The van der Waals surface area contributed by atoms with Crippen molar-refractivity contribution in [1.29, 1.82) is 0 Å². The number of aromatic nitrogens is 2. The normalized spacial score (nSPS) is 10.7. The molecule has 0 aliphatic heterocycles. The first kappa shape index (κ1) is 9.21. The quantitative estimate of drug-likeness (QED) is 0.781. The first-order valence-electron chi connectivity index (χ1n) is 4.39. The van der Waals surface area contributed by atoms with Gasteiger partial charge in [0.1, 0.15) is 0 Å². The van der Waals surface area contributed by atoms with Gasteiger partial charge in [-0.2, -0.15) is 4.98 Å². The minimum Gasteiger partial charge on any atom is -0.309 e. The predicted molar refractivity (Wildman–Crippen MR) is 56.8 cm³/mol. The first-order valence-corrected chi connectivity index (χ1v) is 4.77. The number of fused-ring (bicyclic) bond motifs is 1. The third-order valence-electron chi connectivity index (χ3n) is 2.14. The average molecular weight is 209 g/mol. The molecule has 1 aromatic heterocycles. The molecule has 2 rings (SSSR count). The van der Waals surface area contributed by atoms with Crippen LogP contribution >= 0.6 is 11.6 Å². The molecule has 0 saturated carbocycles. The maximum absolute atomic E-state index is 11.2. The van der Waals surface area contributed by atoms with Crippen molar-refractivity contribution in [2.75, 3.05) is 0 Å². The van der Waals surface area contributed by atoms with E-state index < -0.39 is 0 Å². The molecule has 0 radical (unpaired) electrons. The second kappa shape index (κ2) is 3.42. The Balaban J connectivity index is 2.94. The summed E-state index contributed by atoms with van der Waals surface area (Å²) in [7, 11) is 0. The molecule has 0 unspecified atom stereocenters. The van der Waals surface area contributed by atoms with Crippen LogP contribution < -0.4 is 5.69 Å². The van der Waals surface area contributed by atoms with Gasteiger partial charge in [-0.1, -0.05) is 30.7 Å². The predicted octanol–water partition coefficient (Wildman–Crippen LogP) is 2.14. The number of halogens is 1. The van der Waals surface area contributed by atoms with E-state index in [1.165, 1.54) is 0 Å². The number of para-hydroxylation sites is 1. The molecule has 0 aliphatic rings. The zero-order valence-corrected chi connectivity index (χ0v) is 8.43. The van der Waals surface area contributed by atoms with Crippen molar-refractivity contribution in [1.82, 2.24) is 9.97 Å². The van der Waals surface area contributed by atoms with Crippen molar-refractivity contribution in [3.63, 3.8) is 0 Å². The molecular weight excluding hydrogens is 200 g/mol. The SMILES string of the molecule is CCc1[nH]c(=O)nc2c(Cl)cccc12. The number of nitrogens with zero attached hydrogens (tertiary/aromatic N) is 1. The highest BCUT2D eigenvalue weighted by molar-refractivity contribution is 6.35. The molecule has 0 bridgehead atoms. The smallest absolute Gasteiger partial charge is 0.309 e. The van der Waals surface area contributed by atoms with E-state index in [-0.39, 0.29) is 5.69 Å². The van der Waals surface area contributed by atoms with E-state index in [2.05, 4.69) is 9.97 Å². The number of rotatable bonds is 1. The van der Waals surface area contributed by atoms with Crippen LogP contribution in [-0.2, 0) is 6.42 Å². The second-order valence-corrected chi connectivity index (χ2v) is 3.42. The molecule has 0 saturated heterocycles. The summed E-state index contributed by atoms with van der Waals surface area (Å²) in [5, 5.41) is 1.43. The van der Waals surface area contributed by atoms with Crippen LogP contribution in [-0.4, -0.2) is 9.97 Å². The van der Waals surface area contributed by atoms with Crippen molar-refractivity contribution < 1.29 is 0 Å². The van der Waals surface area contributed by atoms with Gasteiger partial charge in [0.05, 0.1) is 10.5 Å². The molecular formula is C10H9ClN2O. The summed E-state index contributed by atoms with van der Waals surface area (Å²) in [4.78, 5) is 17.7. The second-order valence-electron chi connectivity index (χ2n) is 3.01. The standard InChI is InChI=1S/C10H9ClN2O/c1-2-8-6-4-3-5-7(11)9(6)13-10(14)12-8/h3-5H,2H2,1H3,(H,12,13,14). The molecule has 0 fully saturated rings. The van der Waals surface area contributed by atoms with Crippen LogP contribution in [0.15, 0.2) is 23.0 Å². The van der Waals surface area contributed by atoms with Gasteiger partial charge in [-0.05, 0) is 12.5 Å². The monoisotopic (exact) mass is 208 g/mol. The van der Waals surface area contributed by atoms with E-state index in [9.17, 15) is 4.79 Å². The minimum absolute atomic E-state index is 0.345. The fourth-order valence-electron chi connectivity index (χ4n) is 1.48. The topological polar surface area (TPSA) is 45.8 Å². The third kappa shape index (κ3) is 1.40. The van der Waals surface area contributed by atoms with Crippen molar-refractivity contribution >= 4 is 22.5 Å². The van der Waals surface area contributed by atoms with Crippen molar-refractivity contribution in [2.45, 2.75) is 13.3 Å².